The first-order chi connectivity index (χ1) is 12.8. The lowest BCUT2D eigenvalue weighted by Gasteiger charge is -2.25. The Bertz CT molecular complexity index is 737. The van der Waals surface area contributed by atoms with Crippen LogP contribution < -0.4 is 5.32 Å². The largest absolute Gasteiger partial charge is 0.444 e. The minimum atomic E-state index is -0.516. The molecule has 1 aliphatic carbocycles. The number of hydrogen-bond acceptors (Lipinski definition) is 3. The van der Waals surface area contributed by atoms with Gasteiger partial charge in [-0.15, -0.1) is 0 Å². The Hall–Kier alpha value is -2.56. The van der Waals surface area contributed by atoms with Gasteiger partial charge in [0, 0.05) is 31.1 Å². The average molecular weight is 368 g/mol. The van der Waals surface area contributed by atoms with Gasteiger partial charge in [0.2, 0.25) is 5.91 Å². The summed E-state index contributed by atoms with van der Waals surface area (Å²) in [5.41, 5.74) is 0.225. The van der Waals surface area contributed by atoms with Crippen molar-refractivity contribution in [3.63, 3.8) is 0 Å². The average Bonchev–Trinajstić information content (AvgIpc) is 2.94. The molecule has 5 heteroatoms. The highest BCUT2D eigenvalue weighted by Crippen LogP contribution is 2.37. The summed E-state index contributed by atoms with van der Waals surface area (Å²) in [6, 6.07) is 0. The van der Waals surface area contributed by atoms with Crippen molar-refractivity contribution in [2.45, 2.75) is 26.4 Å². The van der Waals surface area contributed by atoms with Crippen LogP contribution in [0.25, 0.3) is 0 Å². The molecule has 0 spiro atoms. The van der Waals surface area contributed by atoms with Crippen molar-refractivity contribution in [2.75, 3.05) is 19.6 Å². The van der Waals surface area contributed by atoms with Crippen molar-refractivity contribution >= 4 is 12.0 Å². The third-order valence-electron chi connectivity index (χ3n) is 5.01. The Balaban J connectivity index is 1.88. The summed E-state index contributed by atoms with van der Waals surface area (Å²) in [5.74, 6) is 0.310. The first-order valence-electron chi connectivity index (χ1n) is 9.49. The van der Waals surface area contributed by atoms with E-state index in [0.29, 0.717) is 19.6 Å². The molecule has 2 saturated heterocycles. The third-order valence-corrected chi connectivity index (χ3v) is 5.01. The van der Waals surface area contributed by atoms with Gasteiger partial charge in [0.15, 0.2) is 0 Å². The summed E-state index contributed by atoms with van der Waals surface area (Å²) in [4.78, 5) is 27.0. The van der Waals surface area contributed by atoms with Gasteiger partial charge < -0.3 is 15.0 Å². The van der Waals surface area contributed by atoms with Crippen molar-refractivity contribution in [3.05, 3.63) is 60.3 Å². The van der Waals surface area contributed by atoms with E-state index < -0.39 is 5.60 Å². The predicted octanol–water partition coefficient (Wildman–Crippen LogP) is 3.38. The lowest BCUT2D eigenvalue weighted by molar-refractivity contribution is -0.117. The molecule has 2 amide bonds. The maximum Gasteiger partial charge on any atom is 0.410 e. The van der Waals surface area contributed by atoms with Gasteiger partial charge >= 0.3 is 6.09 Å². The van der Waals surface area contributed by atoms with E-state index in [2.05, 4.69) is 11.4 Å². The number of rotatable bonds is 0. The first-order valence-corrected chi connectivity index (χ1v) is 9.49. The fraction of sp³-hybridized carbons (Fsp3) is 0.455. The zero-order valence-corrected chi connectivity index (χ0v) is 16.2. The number of ether oxygens (including phenoxy) is 1. The highest BCUT2D eigenvalue weighted by molar-refractivity contribution is 5.95. The number of carbonyl (C=O) groups is 2. The predicted molar refractivity (Wildman–Crippen MR) is 106 cm³/mol. The van der Waals surface area contributed by atoms with Crippen LogP contribution in [0.1, 0.15) is 20.8 Å². The second-order valence-electron chi connectivity index (χ2n) is 8.21. The van der Waals surface area contributed by atoms with Crippen LogP contribution in [0.4, 0.5) is 4.79 Å². The zero-order valence-electron chi connectivity index (χ0n) is 16.2. The van der Waals surface area contributed by atoms with E-state index in [0.717, 1.165) is 5.57 Å². The second-order valence-corrected chi connectivity index (χ2v) is 8.21. The second kappa shape index (κ2) is 7.99. The lowest BCUT2D eigenvalue weighted by Crippen LogP contribution is -2.37. The number of carbonyl (C=O) groups excluding carboxylic acids is 2. The van der Waals surface area contributed by atoms with E-state index in [9.17, 15) is 9.59 Å². The summed E-state index contributed by atoms with van der Waals surface area (Å²) in [6.45, 7) is 7.39. The standard InChI is InChI=1S/C22H28N2O3/c1-22(2,3)27-21(26)24-14-16-13-23-20(25)18-12-10-8-6-4-5-7-9-11-17(18)19(16)15-24/h4-12,16-17,19H,13-15H2,1-3H3,(H,23,25)/b6-4-,7-5-,10-8-,11-9?,18-12+. The molecule has 2 heterocycles. The van der Waals surface area contributed by atoms with E-state index in [1.807, 2.05) is 69.4 Å². The van der Waals surface area contributed by atoms with Gasteiger partial charge in [0.05, 0.1) is 0 Å². The Morgan fingerprint density at radius 2 is 1.74 bits per heavy atom. The fourth-order valence-corrected chi connectivity index (χ4v) is 3.80. The van der Waals surface area contributed by atoms with Crippen molar-refractivity contribution in [2.24, 2.45) is 17.8 Å². The molecule has 5 nitrogen and oxygen atoms in total. The first kappa shape index (κ1) is 19.2. The van der Waals surface area contributed by atoms with Crippen LogP contribution in [0, 0.1) is 17.8 Å². The van der Waals surface area contributed by atoms with Crippen LogP contribution in [-0.4, -0.2) is 42.1 Å². The van der Waals surface area contributed by atoms with Crippen LogP contribution in [0.15, 0.2) is 60.3 Å². The zero-order chi connectivity index (χ0) is 19.4. The molecule has 2 aliphatic heterocycles. The highest BCUT2D eigenvalue weighted by atomic mass is 16.6. The van der Waals surface area contributed by atoms with Crippen LogP contribution >= 0.6 is 0 Å². The van der Waals surface area contributed by atoms with Crippen molar-refractivity contribution in [3.8, 4) is 0 Å². The van der Waals surface area contributed by atoms with Gasteiger partial charge in [-0.25, -0.2) is 4.79 Å². The van der Waals surface area contributed by atoms with Gasteiger partial charge in [-0.1, -0.05) is 54.7 Å². The Morgan fingerprint density at radius 3 is 2.44 bits per heavy atom. The SMILES string of the molecule is CC(C)(C)OC(=O)N1CC2CNC(=O)/C3=C/C=C\C=C/C=C\C=CC3C2C1. The van der Waals surface area contributed by atoms with E-state index in [1.54, 1.807) is 4.90 Å². The van der Waals surface area contributed by atoms with Crippen molar-refractivity contribution in [1.82, 2.24) is 10.2 Å². The van der Waals surface area contributed by atoms with Crippen LogP contribution in [-0.2, 0) is 9.53 Å². The number of fused-ring (bicyclic) bond motifs is 3. The summed E-state index contributed by atoms with van der Waals surface area (Å²) in [7, 11) is 0. The molecule has 3 aliphatic rings. The minimum absolute atomic E-state index is 0.0280. The molecular weight excluding hydrogens is 340 g/mol. The maximum atomic E-state index is 12.6. The fourth-order valence-electron chi connectivity index (χ4n) is 3.80. The number of likely N-dealkylation sites (tertiary alicyclic amines) is 1. The molecule has 0 bridgehead atoms. The number of allylic oxidation sites excluding steroid dienone is 9. The number of amides is 2. The topological polar surface area (TPSA) is 58.6 Å². The molecule has 3 rings (SSSR count). The summed E-state index contributed by atoms with van der Waals surface area (Å²) in [6.07, 6.45) is 17.3. The number of hydrogen-bond donors (Lipinski definition) is 1. The van der Waals surface area contributed by atoms with Gasteiger partial charge in [0.25, 0.3) is 0 Å². The Labute approximate surface area is 161 Å². The van der Waals surface area contributed by atoms with Crippen LogP contribution in [0.3, 0.4) is 0 Å². The number of nitrogens with zero attached hydrogens (tertiary/aromatic N) is 1. The van der Waals surface area contributed by atoms with Crippen LogP contribution in [0.2, 0.25) is 0 Å². The quantitative estimate of drug-likeness (QED) is 0.713. The molecule has 3 atom stereocenters. The van der Waals surface area contributed by atoms with E-state index in [1.165, 1.54) is 0 Å². The lowest BCUT2D eigenvalue weighted by atomic mass is 9.80. The molecule has 3 unspecified atom stereocenters. The molecule has 0 aromatic carbocycles. The van der Waals surface area contributed by atoms with Crippen LogP contribution in [0.5, 0.6) is 0 Å². The third kappa shape index (κ3) is 4.79. The van der Waals surface area contributed by atoms with E-state index >= 15 is 0 Å². The molecule has 0 radical (unpaired) electrons. The van der Waals surface area contributed by atoms with Gasteiger partial charge in [-0.05, 0) is 32.6 Å². The molecule has 0 aromatic heterocycles. The van der Waals surface area contributed by atoms with Gasteiger partial charge in [-0.3, -0.25) is 4.79 Å². The molecule has 144 valence electrons. The highest BCUT2D eigenvalue weighted by Gasteiger charge is 2.44. The van der Waals surface area contributed by atoms with Gasteiger partial charge in [-0.2, -0.15) is 0 Å². The van der Waals surface area contributed by atoms with Crippen molar-refractivity contribution < 1.29 is 14.3 Å². The molecule has 27 heavy (non-hydrogen) atoms. The van der Waals surface area contributed by atoms with Crippen molar-refractivity contribution in [1.29, 1.82) is 0 Å². The molecule has 0 saturated carbocycles. The minimum Gasteiger partial charge on any atom is -0.444 e. The monoisotopic (exact) mass is 368 g/mol. The Kier molecular flexibility index (Phi) is 5.68. The Morgan fingerprint density at radius 1 is 1.07 bits per heavy atom. The normalized spacial score (nSPS) is 33.3. The smallest absolute Gasteiger partial charge is 0.410 e. The van der Waals surface area contributed by atoms with Gasteiger partial charge in [0.1, 0.15) is 5.60 Å². The molecular formula is C22H28N2O3. The van der Waals surface area contributed by atoms with E-state index in [-0.39, 0.29) is 29.8 Å². The summed E-state index contributed by atoms with van der Waals surface area (Å²) < 4.78 is 5.55. The summed E-state index contributed by atoms with van der Waals surface area (Å²) in [5, 5.41) is 3.03. The maximum absolute atomic E-state index is 12.6. The molecule has 1 N–H and O–H groups in total. The molecule has 2 fully saturated rings. The number of nitrogens with one attached hydrogen (secondary N) is 1. The van der Waals surface area contributed by atoms with E-state index in [4.69, 9.17) is 4.74 Å². The molecule has 0 aromatic rings. The summed E-state index contributed by atoms with van der Waals surface area (Å²) >= 11 is 0.